The molecule has 0 heterocycles. The lowest BCUT2D eigenvalue weighted by Gasteiger charge is -2.07. The molecule has 0 radical (unpaired) electrons. The van der Waals surface area contributed by atoms with E-state index >= 15 is 0 Å². The molecule has 1 aromatic carbocycles. The van der Waals surface area contributed by atoms with Crippen molar-refractivity contribution in [3.8, 4) is 0 Å². The number of benzene rings is 1. The first kappa shape index (κ1) is 9.72. The molecule has 2 rings (SSSR count). The molecule has 14 heavy (non-hydrogen) atoms. The summed E-state index contributed by atoms with van der Waals surface area (Å²) in [6.45, 7) is 3.88. The number of aryl methyl sites for hydroxylation is 1. The molecule has 0 bridgehead atoms. The fourth-order valence-corrected chi connectivity index (χ4v) is 1.82. The van der Waals surface area contributed by atoms with Crippen LogP contribution in [0.3, 0.4) is 0 Å². The van der Waals surface area contributed by atoms with Gasteiger partial charge in [-0.15, -0.1) is 0 Å². The van der Waals surface area contributed by atoms with E-state index in [0.29, 0.717) is 0 Å². The van der Waals surface area contributed by atoms with Crippen LogP contribution in [0.25, 0.3) is 0 Å². The van der Waals surface area contributed by atoms with Gasteiger partial charge in [-0.05, 0) is 37.8 Å². The Balaban J connectivity index is 2.43. The highest BCUT2D eigenvalue weighted by atomic mass is 35.5. The predicted molar refractivity (Wildman–Crippen MR) is 58.0 cm³/mol. The maximum atomic E-state index is 11.8. The van der Waals surface area contributed by atoms with Crippen LogP contribution in [0.4, 0.5) is 0 Å². The Kier molecular flexibility index (Phi) is 2.36. The van der Waals surface area contributed by atoms with Crippen molar-refractivity contribution in [3.63, 3.8) is 0 Å². The third-order valence-corrected chi connectivity index (χ3v) is 3.37. The average molecular weight is 209 g/mol. The highest BCUT2D eigenvalue weighted by molar-refractivity contribution is 6.32. The fraction of sp³-hybridized carbons (Fsp3) is 0.417. The molecule has 0 aromatic heterocycles. The highest BCUT2D eigenvalue weighted by Gasteiger charge is 2.31. The van der Waals surface area contributed by atoms with Crippen molar-refractivity contribution in [2.45, 2.75) is 26.7 Å². The molecular formula is C12H13ClO. The molecule has 1 aliphatic rings. The maximum absolute atomic E-state index is 11.8. The van der Waals surface area contributed by atoms with Crippen molar-refractivity contribution in [2.75, 3.05) is 0 Å². The van der Waals surface area contributed by atoms with Crippen molar-refractivity contribution < 1.29 is 4.79 Å². The number of halogens is 1. The van der Waals surface area contributed by atoms with Gasteiger partial charge in [0.1, 0.15) is 0 Å². The summed E-state index contributed by atoms with van der Waals surface area (Å²) in [7, 11) is 0. The minimum atomic E-state index is 0.268. The average Bonchev–Trinajstić information content (AvgIpc) is 2.97. The minimum Gasteiger partial charge on any atom is -0.294 e. The van der Waals surface area contributed by atoms with Crippen molar-refractivity contribution in [2.24, 2.45) is 5.92 Å². The van der Waals surface area contributed by atoms with Gasteiger partial charge < -0.3 is 0 Å². The summed E-state index contributed by atoms with van der Waals surface area (Å²) in [5.74, 6) is 0.539. The molecule has 0 N–H and O–H groups in total. The van der Waals surface area contributed by atoms with Crippen LogP contribution < -0.4 is 0 Å². The number of hydrogen-bond donors (Lipinski definition) is 0. The number of rotatable bonds is 2. The predicted octanol–water partition coefficient (Wildman–Crippen LogP) is 3.55. The van der Waals surface area contributed by atoms with Crippen molar-refractivity contribution in [3.05, 3.63) is 33.8 Å². The Morgan fingerprint density at radius 2 is 2.00 bits per heavy atom. The Morgan fingerprint density at radius 1 is 1.36 bits per heavy atom. The number of ketones is 1. The lowest BCUT2D eigenvalue weighted by Crippen LogP contribution is -2.04. The van der Waals surface area contributed by atoms with Crippen LogP contribution in [0.15, 0.2) is 12.1 Å². The summed E-state index contributed by atoms with van der Waals surface area (Å²) in [6.07, 6.45) is 2.09. The molecule has 0 atom stereocenters. The summed E-state index contributed by atoms with van der Waals surface area (Å²) in [4.78, 5) is 11.8. The van der Waals surface area contributed by atoms with E-state index in [1.807, 2.05) is 26.0 Å². The van der Waals surface area contributed by atoms with Crippen molar-refractivity contribution >= 4 is 17.4 Å². The quantitative estimate of drug-likeness (QED) is 0.680. The topological polar surface area (TPSA) is 17.1 Å². The Bertz CT molecular complexity index is 392. The normalized spacial score (nSPS) is 15.6. The summed E-state index contributed by atoms with van der Waals surface area (Å²) < 4.78 is 0. The van der Waals surface area contributed by atoms with Gasteiger partial charge >= 0.3 is 0 Å². The van der Waals surface area contributed by atoms with E-state index in [4.69, 9.17) is 11.6 Å². The molecule has 0 spiro atoms. The molecule has 0 amide bonds. The zero-order valence-electron chi connectivity index (χ0n) is 8.43. The second-order valence-corrected chi connectivity index (χ2v) is 4.39. The van der Waals surface area contributed by atoms with Gasteiger partial charge in [-0.2, -0.15) is 0 Å². The molecule has 0 saturated heterocycles. The second kappa shape index (κ2) is 3.39. The lowest BCUT2D eigenvalue weighted by molar-refractivity contribution is 0.0967. The van der Waals surface area contributed by atoms with Gasteiger partial charge in [0.15, 0.2) is 5.78 Å². The van der Waals surface area contributed by atoms with E-state index in [-0.39, 0.29) is 11.7 Å². The van der Waals surface area contributed by atoms with Crippen LogP contribution in [0, 0.1) is 19.8 Å². The van der Waals surface area contributed by atoms with Crippen LogP contribution in [0.1, 0.15) is 34.3 Å². The molecular weight excluding hydrogens is 196 g/mol. The summed E-state index contributed by atoms with van der Waals surface area (Å²) >= 11 is 6.10. The second-order valence-electron chi connectivity index (χ2n) is 4.01. The van der Waals surface area contributed by atoms with E-state index in [1.165, 1.54) is 0 Å². The van der Waals surface area contributed by atoms with Gasteiger partial charge in [-0.3, -0.25) is 4.79 Å². The summed E-state index contributed by atoms with van der Waals surface area (Å²) in [5.41, 5.74) is 2.78. The van der Waals surface area contributed by atoms with Gasteiger partial charge in [0.2, 0.25) is 0 Å². The number of Topliss-reactive ketones (excluding diaryl/α,β-unsaturated/α-hetero) is 1. The SMILES string of the molecule is Cc1ccc(C(=O)C2CC2)c(C)c1Cl. The van der Waals surface area contributed by atoms with E-state index in [0.717, 1.165) is 34.6 Å². The monoisotopic (exact) mass is 208 g/mol. The Hall–Kier alpha value is -0.820. The first-order chi connectivity index (χ1) is 6.61. The third-order valence-electron chi connectivity index (χ3n) is 2.79. The van der Waals surface area contributed by atoms with E-state index in [2.05, 4.69) is 0 Å². The molecule has 2 heteroatoms. The van der Waals surface area contributed by atoms with Crippen LogP contribution in [-0.4, -0.2) is 5.78 Å². The zero-order chi connectivity index (χ0) is 10.3. The summed E-state index contributed by atoms with van der Waals surface area (Å²) in [5, 5.41) is 0.733. The maximum Gasteiger partial charge on any atom is 0.166 e. The molecule has 1 fully saturated rings. The highest BCUT2D eigenvalue weighted by Crippen LogP contribution is 2.35. The first-order valence-corrected chi connectivity index (χ1v) is 5.29. The lowest BCUT2D eigenvalue weighted by atomic mass is 10.00. The van der Waals surface area contributed by atoms with Gasteiger partial charge in [0, 0.05) is 16.5 Å². The number of hydrogen-bond acceptors (Lipinski definition) is 1. The smallest absolute Gasteiger partial charge is 0.166 e. The molecule has 1 aliphatic carbocycles. The van der Waals surface area contributed by atoms with Crippen LogP contribution in [0.5, 0.6) is 0 Å². The first-order valence-electron chi connectivity index (χ1n) is 4.91. The molecule has 74 valence electrons. The van der Waals surface area contributed by atoms with Crippen LogP contribution >= 0.6 is 11.6 Å². The van der Waals surface area contributed by atoms with Gasteiger partial charge in [0.05, 0.1) is 0 Å². The Morgan fingerprint density at radius 3 is 2.57 bits per heavy atom. The van der Waals surface area contributed by atoms with Crippen molar-refractivity contribution in [1.29, 1.82) is 0 Å². The van der Waals surface area contributed by atoms with Crippen molar-refractivity contribution in [1.82, 2.24) is 0 Å². The number of carbonyl (C=O) groups is 1. The fourth-order valence-electron chi connectivity index (χ4n) is 1.65. The van der Waals surface area contributed by atoms with Crippen LogP contribution in [-0.2, 0) is 0 Å². The molecule has 1 saturated carbocycles. The minimum absolute atomic E-state index is 0.268. The molecule has 0 aliphatic heterocycles. The summed E-state index contributed by atoms with van der Waals surface area (Å²) in [6, 6.07) is 3.82. The number of carbonyl (C=O) groups excluding carboxylic acids is 1. The zero-order valence-corrected chi connectivity index (χ0v) is 9.19. The van der Waals surface area contributed by atoms with Gasteiger partial charge in [-0.25, -0.2) is 0 Å². The van der Waals surface area contributed by atoms with Gasteiger partial charge in [-0.1, -0.05) is 23.7 Å². The van der Waals surface area contributed by atoms with Crippen LogP contribution in [0.2, 0.25) is 5.02 Å². The van der Waals surface area contributed by atoms with E-state index in [1.54, 1.807) is 0 Å². The van der Waals surface area contributed by atoms with E-state index in [9.17, 15) is 4.79 Å². The Labute approximate surface area is 89.1 Å². The molecule has 0 unspecified atom stereocenters. The molecule has 1 aromatic rings. The standard InChI is InChI=1S/C12H13ClO/c1-7-3-6-10(8(2)11(7)13)12(14)9-4-5-9/h3,6,9H,4-5H2,1-2H3. The van der Waals surface area contributed by atoms with Gasteiger partial charge in [0.25, 0.3) is 0 Å². The van der Waals surface area contributed by atoms with E-state index < -0.39 is 0 Å². The third kappa shape index (κ3) is 1.57. The molecule has 1 nitrogen and oxygen atoms in total. The largest absolute Gasteiger partial charge is 0.294 e.